The van der Waals surface area contributed by atoms with Gasteiger partial charge in [0.05, 0.1) is 39.1 Å². The Balaban J connectivity index is 1.42. The monoisotopic (exact) mass is 594 g/mol. The van der Waals surface area contributed by atoms with E-state index in [1.54, 1.807) is 0 Å². The number of benzene rings is 4. The Hall–Kier alpha value is -3.65. The second-order valence-electron chi connectivity index (χ2n) is 11.1. The Morgan fingerprint density at radius 3 is 1.39 bits per heavy atom. The van der Waals surface area contributed by atoms with E-state index in [2.05, 4.69) is 36.4 Å². The molecule has 1 aliphatic rings. The molecule has 0 spiro atoms. The molecule has 0 aromatic heterocycles. The van der Waals surface area contributed by atoms with Crippen LogP contribution in [0.2, 0.25) is 0 Å². The van der Waals surface area contributed by atoms with Crippen LogP contribution < -0.4 is 0 Å². The zero-order valence-electron chi connectivity index (χ0n) is 25.1. The number of unbranched alkanes of at least 4 members (excludes halogenated alkanes) is 1. The lowest BCUT2D eigenvalue weighted by Gasteiger charge is -2.46. The van der Waals surface area contributed by atoms with Gasteiger partial charge in [-0.2, -0.15) is 0 Å². The first-order valence-electron chi connectivity index (χ1n) is 15.5. The summed E-state index contributed by atoms with van der Waals surface area (Å²) in [6, 6.07) is 40.5. The van der Waals surface area contributed by atoms with E-state index in [1.165, 1.54) is 0 Å². The summed E-state index contributed by atoms with van der Waals surface area (Å²) in [4.78, 5) is 11.2. The Labute approximate surface area is 260 Å². The molecule has 230 valence electrons. The molecule has 0 N–H and O–H groups in total. The van der Waals surface area contributed by atoms with Crippen molar-refractivity contribution in [1.82, 2.24) is 0 Å². The molecule has 1 heterocycles. The Morgan fingerprint density at radius 2 is 0.932 bits per heavy atom. The SMILES string of the molecule is O=CCCC[C@H]1O[C@H](COCc2ccccc2)[C@@H](OCc2ccccc2)[C@H](OCc2ccccc2)[C@H]1OCc1ccccc1. The molecule has 1 fully saturated rings. The number of rotatable bonds is 17. The van der Waals surface area contributed by atoms with Crippen LogP contribution in [0.1, 0.15) is 41.5 Å². The van der Waals surface area contributed by atoms with Crippen molar-refractivity contribution in [2.75, 3.05) is 6.61 Å². The minimum Gasteiger partial charge on any atom is -0.374 e. The number of carbonyl (C=O) groups is 1. The average Bonchev–Trinajstić information content (AvgIpc) is 3.08. The molecule has 1 aliphatic heterocycles. The number of aldehydes is 1. The Morgan fingerprint density at radius 1 is 0.523 bits per heavy atom. The first-order chi connectivity index (χ1) is 21.8. The van der Waals surface area contributed by atoms with Crippen LogP contribution in [0.3, 0.4) is 0 Å². The molecule has 0 saturated carbocycles. The van der Waals surface area contributed by atoms with Gasteiger partial charge in [0, 0.05) is 6.42 Å². The molecule has 44 heavy (non-hydrogen) atoms. The maximum absolute atomic E-state index is 11.2. The maximum atomic E-state index is 11.2. The third-order valence-corrected chi connectivity index (χ3v) is 7.79. The van der Waals surface area contributed by atoms with Crippen molar-refractivity contribution < 1.29 is 28.5 Å². The Kier molecular flexibility index (Phi) is 12.7. The van der Waals surface area contributed by atoms with Crippen molar-refractivity contribution in [2.24, 2.45) is 0 Å². The molecule has 0 amide bonds. The second-order valence-corrected chi connectivity index (χ2v) is 11.1. The summed E-state index contributed by atoms with van der Waals surface area (Å²) in [5.41, 5.74) is 4.29. The third kappa shape index (κ3) is 9.68. The third-order valence-electron chi connectivity index (χ3n) is 7.79. The van der Waals surface area contributed by atoms with Crippen LogP contribution in [0, 0.1) is 0 Å². The molecule has 6 heteroatoms. The fourth-order valence-corrected chi connectivity index (χ4v) is 5.52. The lowest BCUT2D eigenvalue weighted by Crippen LogP contribution is -2.61. The highest BCUT2D eigenvalue weighted by Crippen LogP contribution is 2.33. The van der Waals surface area contributed by atoms with Crippen LogP contribution in [-0.2, 0) is 54.9 Å². The van der Waals surface area contributed by atoms with Crippen molar-refractivity contribution in [3.8, 4) is 0 Å². The van der Waals surface area contributed by atoms with Gasteiger partial charge in [-0.25, -0.2) is 0 Å². The van der Waals surface area contributed by atoms with Crippen molar-refractivity contribution in [3.05, 3.63) is 144 Å². The standard InChI is InChI=1S/C38H42O6/c39-24-14-13-23-34-36(41-26-31-17-7-2-8-18-31)38(43-28-33-21-11-4-12-22-33)37(42-27-32-19-9-3-10-20-32)35(44-34)29-40-25-30-15-5-1-6-16-30/h1-12,15-22,24,34-38H,13-14,23,25-29H2/t34-,35-,36+,37-,38-/m1/s1. The normalized spacial score (nSPS) is 21.6. The van der Waals surface area contributed by atoms with E-state index in [4.69, 9.17) is 23.7 Å². The predicted molar refractivity (Wildman–Crippen MR) is 170 cm³/mol. The lowest BCUT2D eigenvalue weighted by atomic mass is 9.91. The summed E-state index contributed by atoms with van der Waals surface area (Å²) < 4.78 is 33.1. The van der Waals surface area contributed by atoms with Gasteiger partial charge in [-0.1, -0.05) is 121 Å². The summed E-state index contributed by atoms with van der Waals surface area (Å²) in [5, 5.41) is 0. The number of hydrogen-bond acceptors (Lipinski definition) is 6. The highest BCUT2D eigenvalue weighted by atomic mass is 16.6. The molecule has 5 rings (SSSR count). The van der Waals surface area contributed by atoms with Crippen LogP contribution in [0.25, 0.3) is 0 Å². The molecule has 4 aromatic carbocycles. The van der Waals surface area contributed by atoms with Crippen LogP contribution in [0.5, 0.6) is 0 Å². The minimum absolute atomic E-state index is 0.304. The molecule has 0 bridgehead atoms. The largest absolute Gasteiger partial charge is 0.374 e. The van der Waals surface area contributed by atoms with Crippen molar-refractivity contribution >= 4 is 6.29 Å². The summed E-state index contributed by atoms with van der Waals surface area (Å²) >= 11 is 0. The topological polar surface area (TPSA) is 63.2 Å². The molecular formula is C38H42O6. The number of hydrogen-bond donors (Lipinski definition) is 0. The van der Waals surface area contributed by atoms with Crippen LogP contribution in [-0.4, -0.2) is 43.4 Å². The van der Waals surface area contributed by atoms with E-state index in [1.807, 2.05) is 84.9 Å². The average molecular weight is 595 g/mol. The van der Waals surface area contributed by atoms with Gasteiger partial charge < -0.3 is 28.5 Å². The van der Waals surface area contributed by atoms with Crippen LogP contribution in [0.15, 0.2) is 121 Å². The van der Waals surface area contributed by atoms with E-state index < -0.39 is 24.4 Å². The zero-order valence-corrected chi connectivity index (χ0v) is 25.1. The van der Waals surface area contributed by atoms with Gasteiger partial charge in [0.2, 0.25) is 0 Å². The fraction of sp³-hybridized carbons (Fsp3) is 0.342. The summed E-state index contributed by atoms with van der Waals surface area (Å²) in [6.45, 7) is 2.00. The first-order valence-corrected chi connectivity index (χ1v) is 15.5. The summed E-state index contributed by atoms with van der Waals surface area (Å²) in [5.74, 6) is 0. The molecule has 0 unspecified atom stereocenters. The van der Waals surface area contributed by atoms with Crippen molar-refractivity contribution in [3.63, 3.8) is 0 Å². The Bertz CT molecular complexity index is 1340. The van der Waals surface area contributed by atoms with Gasteiger partial charge >= 0.3 is 0 Å². The van der Waals surface area contributed by atoms with Gasteiger partial charge in [-0.15, -0.1) is 0 Å². The number of carbonyl (C=O) groups excluding carboxylic acids is 1. The van der Waals surface area contributed by atoms with E-state index in [9.17, 15) is 4.79 Å². The van der Waals surface area contributed by atoms with Crippen molar-refractivity contribution in [2.45, 2.75) is 76.2 Å². The highest BCUT2D eigenvalue weighted by molar-refractivity contribution is 5.48. The van der Waals surface area contributed by atoms with Crippen LogP contribution >= 0.6 is 0 Å². The molecule has 5 atom stereocenters. The molecule has 4 aromatic rings. The second kappa shape index (κ2) is 17.6. The molecule has 6 nitrogen and oxygen atoms in total. The fourth-order valence-electron chi connectivity index (χ4n) is 5.52. The predicted octanol–water partition coefficient (Wildman–Crippen LogP) is 7.10. The summed E-state index contributed by atoms with van der Waals surface area (Å²) in [7, 11) is 0. The van der Waals surface area contributed by atoms with E-state index in [0.717, 1.165) is 28.5 Å². The van der Waals surface area contributed by atoms with E-state index in [0.29, 0.717) is 52.3 Å². The maximum Gasteiger partial charge on any atom is 0.119 e. The van der Waals surface area contributed by atoms with E-state index in [-0.39, 0.29) is 6.10 Å². The molecular weight excluding hydrogens is 552 g/mol. The van der Waals surface area contributed by atoms with Gasteiger partial charge in [-0.05, 0) is 35.1 Å². The minimum atomic E-state index is -0.460. The van der Waals surface area contributed by atoms with E-state index >= 15 is 0 Å². The van der Waals surface area contributed by atoms with Gasteiger partial charge in [0.25, 0.3) is 0 Å². The van der Waals surface area contributed by atoms with Gasteiger partial charge in [0.1, 0.15) is 30.7 Å². The zero-order chi connectivity index (χ0) is 30.2. The smallest absolute Gasteiger partial charge is 0.119 e. The highest BCUT2D eigenvalue weighted by Gasteiger charge is 2.48. The quantitative estimate of drug-likeness (QED) is 0.0960. The van der Waals surface area contributed by atoms with Gasteiger partial charge in [-0.3, -0.25) is 0 Å². The number of ether oxygens (including phenoxy) is 5. The molecule has 1 saturated heterocycles. The molecule has 0 radical (unpaired) electrons. The van der Waals surface area contributed by atoms with Crippen LogP contribution in [0.4, 0.5) is 0 Å². The molecule has 0 aliphatic carbocycles. The van der Waals surface area contributed by atoms with Gasteiger partial charge in [0.15, 0.2) is 0 Å². The first kappa shape index (κ1) is 31.8. The lowest BCUT2D eigenvalue weighted by molar-refractivity contribution is -0.273. The van der Waals surface area contributed by atoms with Crippen molar-refractivity contribution in [1.29, 1.82) is 0 Å². The summed E-state index contributed by atoms with van der Waals surface area (Å²) in [6.07, 6.45) is 0.740.